The van der Waals surface area contributed by atoms with Crippen LogP contribution in [0.15, 0.2) is 0 Å². The molecule has 0 spiro atoms. The highest BCUT2D eigenvalue weighted by atomic mass is 16.5. The molecule has 0 atom stereocenters. The molecule has 0 unspecified atom stereocenters. The van der Waals surface area contributed by atoms with E-state index in [0.717, 1.165) is 26.3 Å². The molecule has 1 fully saturated rings. The van der Waals surface area contributed by atoms with Gasteiger partial charge in [0.15, 0.2) is 0 Å². The van der Waals surface area contributed by atoms with Crippen LogP contribution in [0.1, 0.15) is 34.1 Å². The van der Waals surface area contributed by atoms with Crippen molar-refractivity contribution in [2.45, 2.75) is 34.1 Å². The maximum absolute atomic E-state index is 5.13. The zero-order valence-electron chi connectivity index (χ0n) is 8.44. The van der Waals surface area contributed by atoms with Crippen LogP contribution in [0.2, 0.25) is 0 Å². The number of hydrogen-bond acceptors (Lipinski definition) is 2. The van der Waals surface area contributed by atoms with Gasteiger partial charge in [-0.15, -0.1) is 0 Å². The van der Waals surface area contributed by atoms with Crippen molar-refractivity contribution < 1.29 is 4.74 Å². The van der Waals surface area contributed by atoms with Gasteiger partial charge in [-0.25, -0.2) is 0 Å². The highest BCUT2D eigenvalue weighted by molar-refractivity contribution is 4.50. The van der Waals surface area contributed by atoms with Crippen LogP contribution < -0.4 is 5.32 Å². The van der Waals surface area contributed by atoms with E-state index in [2.05, 4.69) is 5.32 Å². The Morgan fingerprint density at radius 3 is 2.18 bits per heavy atom. The summed E-state index contributed by atoms with van der Waals surface area (Å²) < 4.78 is 5.13. The van der Waals surface area contributed by atoms with Crippen LogP contribution in [0.3, 0.4) is 0 Å². The summed E-state index contributed by atoms with van der Waals surface area (Å²) in [5.74, 6) is 0. The number of ether oxygens (including phenoxy) is 1. The van der Waals surface area contributed by atoms with E-state index in [0.29, 0.717) is 0 Å². The molecule has 2 nitrogen and oxygen atoms in total. The first kappa shape index (κ1) is 13.5. The van der Waals surface area contributed by atoms with Gasteiger partial charge in [-0.2, -0.15) is 0 Å². The first-order valence-electron chi connectivity index (χ1n) is 4.78. The summed E-state index contributed by atoms with van der Waals surface area (Å²) in [4.78, 5) is 0. The summed E-state index contributed by atoms with van der Waals surface area (Å²) in [6.45, 7) is 12.0. The minimum Gasteiger partial charge on any atom is -0.380 e. The second-order valence-corrected chi connectivity index (χ2v) is 1.72. The van der Waals surface area contributed by atoms with E-state index in [1.54, 1.807) is 0 Å². The molecule has 0 aromatic carbocycles. The fourth-order valence-corrected chi connectivity index (χ4v) is 0.671. The fourth-order valence-electron chi connectivity index (χ4n) is 0.671. The van der Waals surface area contributed by atoms with Crippen molar-refractivity contribution in [2.24, 2.45) is 0 Å². The quantitative estimate of drug-likeness (QED) is 0.587. The van der Waals surface area contributed by atoms with Gasteiger partial charge in [-0.05, 0) is 13.0 Å². The van der Waals surface area contributed by atoms with Crippen molar-refractivity contribution in [3.63, 3.8) is 0 Å². The molecule has 0 aromatic heterocycles. The molecular weight excluding hydrogens is 138 g/mol. The Hall–Kier alpha value is -0.0800. The van der Waals surface area contributed by atoms with Gasteiger partial charge in [-0.1, -0.05) is 27.7 Å². The average molecular weight is 161 g/mol. The summed E-state index contributed by atoms with van der Waals surface area (Å²) in [5, 5.41) is 3.22. The highest BCUT2D eigenvalue weighted by Gasteiger charge is 1.93. The van der Waals surface area contributed by atoms with Gasteiger partial charge < -0.3 is 10.1 Å². The molecule has 2 heteroatoms. The Labute approximate surface area is 71.3 Å². The predicted molar refractivity (Wildman–Crippen MR) is 51.0 cm³/mol. The van der Waals surface area contributed by atoms with Crippen LogP contribution in [0.25, 0.3) is 0 Å². The monoisotopic (exact) mass is 161 g/mol. The zero-order chi connectivity index (χ0) is 8.95. The summed E-state index contributed by atoms with van der Waals surface area (Å²) >= 11 is 0. The van der Waals surface area contributed by atoms with Crippen molar-refractivity contribution in [3.8, 4) is 0 Å². The van der Waals surface area contributed by atoms with Crippen LogP contribution in [0, 0.1) is 0 Å². The van der Waals surface area contributed by atoms with Gasteiger partial charge >= 0.3 is 0 Å². The lowest BCUT2D eigenvalue weighted by Gasteiger charge is -1.91. The summed E-state index contributed by atoms with van der Waals surface area (Å²) in [5.41, 5.74) is 0. The number of hydrogen-bond donors (Lipinski definition) is 1. The van der Waals surface area contributed by atoms with Crippen molar-refractivity contribution in [1.29, 1.82) is 0 Å². The third-order valence-corrected chi connectivity index (χ3v) is 1.07. The molecule has 0 aliphatic carbocycles. The molecule has 1 aliphatic rings. The maximum atomic E-state index is 5.13. The molecule has 1 N–H and O–H groups in total. The smallest absolute Gasteiger partial charge is 0.0590 e. The molecule has 70 valence electrons. The first-order valence-corrected chi connectivity index (χ1v) is 4.78. The summed E-state index contributed by atoms with van der Waals surface area (Å²) in [7, 11) is 0. The molecule has 1 rings (SSSR count). The molecule has 0 amide bonds. The molecule has 0 saturated carbocycles. The van der Waals surface area contributed by atoms with E-state index in [1.807, 2.05) is 27.7 Å². The predicted octanol–water partition coefficient (Wildman–Crippen LogP) is 2.05. The standard InChI is InChI=1S/C5H11NO.2C2H6/c1-2-6-3-5-7-4-1;2*1-2/h6H,1-5H2;2*1-2H3. The lowest BCUT2D eigenvalue weighted by molar-refractivity contribution is 0.151. The molecule has 1 aliphatic heterocycles. The molecule has 0 bridgehead atoms. The van der Waals surface area contributed by atoms with Gasteiger partial charge in [0.25, 0.3) is 0 Å². The Morgan fingerprint density at radius 1 is 0.909 bits per heavy atom. The Bertz CT molecular complexity index is 29.2. The van der Waals surface area contributed by atoms with E-state index in [-0.39, 0.29) is 0 Å². The van der Waals surface area contributed by atoms with E-state index >= 15 is 0 Å². The lowest BCUT2D eigenvalue weighted by atomic mass is 10.5. The normalized spacial score (nSPS) is 16.4. The van der Waals surface area contributed by atoms with E-state index in [4.69, 9.17) is 4.74 Å². The number of rotatable bonds is 0. The van der Waals surface area contributed by atoms with Gasteiger partial charge in [-0.3, -0.25) is 0 Å². The summed E-state index contributed by atoms with van der Waals surface area (Å²) in [6.07, 6.45) is 1.17. The minimum absolute atomic E-state index is 0.889. The minimum atomic E-state index is 0.889. The Kier molecular flexibility index (Phi) is 20.2. The molecule has 11 heavy (non-hydrogen) atoms. The van der Waals surface area contributed by atoms with Crippen LogP contribution in [0.5, 0.6) is 0 Å². The zero-order valence-corrected chi connectivity index (χ0v) is 8.44. The molecule has 0 aromatic rings. The average Bonchev–Trinajstić information content (AvgIpc) is 2.42. The van der Waals surface area contributed by atoms with Gasteiger partial charge in [0.2, 0.25) is 0 Å². The molecular formula is C9H23NO. The number of nitrogens with one attached hydrogen (secondary N) is 1. The topological polar surface area (TPSA) is 21.3 Å². The largest absolute Gasteiger partial charge is 0.380 e. The fraction of sp³-hybridized carbons (Fsp3) is 1.00. The van der Waals surface area contributed by atoms with Gasteiger partial charge in [0.05, 0.1) is 6.61 Å². The lowest BCUT2D eigenvalue weighted by Crippen LogP contribution is -2.15. The van der Waals surface area contributed by atoms with E-state index < -0.39 is 0 Å². The van der Waals surface area contributed by atoms with Crippen LogP contribution in [0.4, 0.5) is 0 Å². The van der Waals surface area contributed by atoms with Crippen molar-refractivity contribution in [1.82, 2.24) is 5.32 Å². The summed E-state index contributed by atoms with van der Waals surface area (Å²) in [6, 6.07) is 0. The van der Waals surface area contributed by atoms with Crippen LogP contribution >= 0.6 is 0 Å². The van der Waals surface area contributed by atoms with Crippen molar-refractivity contribution in [2.75, 3.05) is 26.3 Å². The third-order valence-electron chi connectivity index (χ3n) is 1.07. The SMILES string of the molecule is C1CNCCOC1.CC.CC. The maximum Gasteiger partial charge on any atom is 0.0590 e. The molecule has 1 saturated heterocycles. The Balaban J connectivity index is 0. The van der Waals surface area contributed by atoms with Crippen molar-refractivity contribution in [3.05, 3.63) is 0 Å². The molecule has 1 heterocycles. The third kappa shape index (κ3) is 13.0. The van der Waals surface area contributed by atoms with Crippen LogP contribution in [-0.2, 0) is 4.74 Å². The van der Waals surface area contributed by atoms with E-state index in [9.17, 15) is 0 Å². The van der Waals surface area contributed by atoms with Gasteiger partial charge in [0.1, 0.15) is 0 Å². The first-order chi connectivity index (χ1) is 5.50. The Morgan fingerprint density at radius 2 is 1.55 bits per heavy atom. The van der Waals surface area contributed by atoms with Crippen molar-refractivity contribution >= 4 is 0 Å². The second-order valence-electron chi connectivity index (χ2n) is 1.72. The highest BCUT2D eigenvalue weighted by Crippen LogP contribution is 1.83. The van der Waals surface area contributed by atoms with Crippen LogP contribution in [-0.4, -0.2) is 26.3 Å². The second kappa shape index (κ2) is 16.5. The van der Waals surface area contributed by atoms with Gasteiger partial charge in [0, 0.05) is 13.2 Å². The molecule has 0 radical (unpaired) electrons. The van der Waals surface area contributed by atoms with E-state index in [1.165, 1.54) is 6.42 Å².